The zero-order valence-electron chi connectivity index (χ0n) is 10.5. The molecule has 1 aromatic carbocycles. The number of hydrogen-bond acceptors (Lipinski definition) is 2. The van der Waals surface area contributed by atoms with Crippen LogP contribution in [-0.4, -0.2) is 28.6 Å². The molecule has 1 saturated heterocycles. The molecule has 2 nitrogen and oxygen atoms in total. The molecular weight excluding hydrogens is 210 g/mol. The molecule has 2 heteroatoms. The van der Waals surface area contributed by atoms with E-state index in [0.717, 1.165) is 18.4 Å². The van der Waals surface area contributed by atoms with Gasteiger partial charge in [-0.3, -0.25) is 4.90 Å². The summed E-state index contributed by atoms with van der Waals surface area (Å²) >= 11 is 0. The van der Waals surface area contributed by atoms with Crippen molar-refractivity contribution in [2.75, 3.05) is 6.54 Å². The van der Waals surface area contributed by atoms with Crippen molar-refractivity contribution in [3.63, 3.8) is 0 Å². The number of piperidine rings is 1. The Bertz CT molecular complexity index is 386. The summed E-state index contributed by atoms with van der Waals surface area (Å²) in [6.07, 6.45) is 5.39. The number of rotatable bonds is 3. The molecule has 2 aliphatic rings. The van der Waals surface area contributed by atoms with Gasteiger partial charge in [-0.1, -0.05) is 12.1 Å². The van der Waals surface area contributed by atoms with Gasteiger partial charge in [-0.05, 0) is 56.2 Å². The minimum atomic E-state index is 0.363. The Hall–Kier alpha value is -1.02. The lowest BCUT2D eigenvalue weighted by Crippen LogP contribution is -2.40. The van der Waals surface area contributed by atoms with Crippen LogP contribution in [0.3, 0.4) is 0 Å². The molecule has 3 unspecified atom stereocenters. The molecule has 3 rings (SSSR count). The van der Waals surface area contributed by atoms with Crippen LogP contribution in [0.1, 0.15) is 31.7 Å². The summed E-state index contributed by atoms with van der Waals surface area (Å²) < 4.78 is 0. The monoisotopic (exact) mass is 231 g/mol. The van der Waals surface area contributed by atoms with Crippen LogP contribution < -0.4 is 0 Å². The minimum Gasteiger partial charge on any atom is -0.508 e. The lowest BCUT2D eigenvalue weighted by atomic mass is 10.0. The van der Waals surface area contributed by atoms with Gasteiger partial charge in [0.1, 0.15) is 5.75 Å². The maximum Gasteiger partial charge on any atom is 0.115 e. The zero-order chi connectivity index (χ0) is 11.8. The van der Waals surface area contributed by atoms with Gasteiger partial charge < -0.3 is 5.11 Å². The number of phenols is 1. The van der Waals surface area contributed by atoms with Gasteiger partial charge in [0.05, 0.1) is 0 Å². The van der Waals surface area contributed by atoms with Crippen molar-refractivity contribution < 1.29 is 5.11 Å². The second-order valence-corrected chi connectivity index (χ2v) is 5.75. The summed E-state index contributed by atoms with van der Waals surface area (Å²) in [6, 6.07) is 9.15. The van der Waals surface area contributed by atoms with Crippen molar-refractivity contribution in [3.8, 4) is 5.75 Å². The molecule has 0 spiro atoms. The van der Waals surface area contributed by atoms with Crippen molar-refractivity contribution >= 4 is 0 Å². The molecule has 92 valence electrons. The van der Waals surface area contributed by atoms with E-state index < -0.39 is 0 Å². The highest BCUT2D eigenvalue weighted by Gasteiger charge is 2.39. The number of benzene rings is 1. The van der Waals surface area contributed by atoms with Crippen molar-refractivity contribution in [2.45, 2.75) is 44.7 Å². The van der Waals surface area contributed by atoms with Crippen molar-refractivity contribution in [2.24, 2.45) is 5.92 Å². The first-order valence-corrected chi connectivity index (χ1v) is 6.76. The molecule has 1 saturated carbocycles. The summed E-state index contributed by atoms with van der Waals surface area (Å²) in [5.74, 6) is 1.34. The molecule has 1 heterocycles. The molecule has 1 aromatic rings. The van der Waals surface area contributed by atoms with Crippen LogP contribution in [0, 0.1) is 5.92 Å². The summed E-state index contributed by atoms with van der Waals surface area (Å²) in [5, 5.41) is 9.28. The Labute approximate surface area is 103 Å². The van der Waals surface area contributed by atoms with E-state index >= 15 is 0 Å². The van der Waals surface area contributed by atoms with Crippen LogP contribution in [0.4, 0.5) is 0 Å². The van der Waals surface area contributed by atoms with Crippen LogP contribution in [0.25, 0.3) is 0 Å². The van der Waals surface area contributed by atoms with Crippen LogP contribution in [0.5, 0.6) is 5.75 Å². The maximum absolute atomic E-state index is 9.28. The van der Waals surface area contributed by atoms with Gasteiger partial charge in [-0.15, -0.1) is 0 Å². The van der Waals surface area contributed by atoms with E-state index in [1.165, 1.54) is 31.4 Å². The van der Waals surface area contributed by atoms with Crippen LogP contribution in [-0.2, 0) is 6.42 Å². The second kappa shape index (κ2) is 4.34. The van der Waals surface area contributed by atoms with E-state index in [4.69, 9.17) is 0 Å². The largest absolute Gasteiger partial charge is 0.508 e. The second-order valence-electron chi connectivity index (χ2n) is 5.75. The van der Waals surface area contributed by atoms with Crippen LogP contribution in [0.15, 0.2) is 24.3 Å². The molecule has 3 atom stereocenters. The third-order valence-electron chi connectivity index (χ3n) is 4.49. The average molecular weight is 231 g/mol. The fraction of sp³-hybridized carbons (Fsp3) is 0.600. The van der Waals surface area contributed by atoms with Gasteiger partial charge >= 0.3 is 0 Å². The molecule has 0 aromatic heterocycles. The lowest BCUT2D eigenvalue weighted by molar-refractivity contribution is 0.158. The fourth-order valence-electron chi connectivity index (χ4n) is 3.59. The first kappa shape index (κ1) is 11.1. The van der Waals surface area contributed by atoms with Crippen LogP contribution >= 0.6 is 0 Å². The van der Waals surface area contributed by atoms with E-state index in [9.17, 15) is 5.11 Å². The predicted molar refractivity (Wildman–Crippen MR) is 69.1 cm³/mol. The van der Waals surface area contributed by atoms with E-state index in [0.29, 0.717) is 11.8 Å². The number of hydrogen-bond donors (Lipinski definition) is 1. The topological polar surface area (TPSA) is 23.5 Å². The van der Waals surface area contributed by atoms with Gasteiger partial charge in [-0.25, -0.2) is 0 Å². The normalized spacial score (nSPS) is 29.7. The van der Waals surface area contributed by atoms with Crippen molar-refractivity contribution in [3.05, 3.63) is 29.8 Å². The molecule has 1 aliphatic heterocycles. The van der Waals surface area contributed by atoms with Gasteiger partial charge in [-0.2, -0.15) is 0 Å². The van der Waals surface area contributed by atoms with E-state index in [2.05, 4.69) is 11.8 Å². The van der Waals surface area contributed by atoms with E-state index in [1.807, 2.05) is 12.1 Å². The Morgan fingerprint density at radius 2 is 2.06 bits per heavy atom. The number of fused-ring (bicyclic) bond motifs is 2. The molecule has 17 heavy (non-hydrogen) atoms. The highest BCUT2D eigenvalue weighted by Crippen LogP contribution is 2.38. The van der Waals surface area contributed by atoms with Gasteiger partial charge in [0.25, 0.3) is 0 Å². The van der Waals surface area contributed by atoms with Gasteiger partial charge in [0.2, 0.25) is 0 Å². The number of aromatic hydroxyl groups is 1. The Kier molecular flexibility index (Phi) is 2.83. The molecule has 1 aliphatic carbocycles. The molecule has 0 radical (unpaired) electrons. The van der Waals surface area contributed by atoms with E-state index in [1.54, 1.807) is 12.1 Å². The molecule has 1 N–H and O–H groups in total. The Morgan fingerprint density at radius 1 is 1.29 bits per heavy atom. The predicted octanol–water partition coefficient (Wildman–Crippen LogP) is 2.81. The molecular formula is C15H21NO. The SMILES string of the molecule is CC(Cc1ccc(O)cc1)N1CC2CCC1C2. The van der Waals surface area contributed by atoms with Crippen molar-refractivity contribution in [1.82, 2.24) is 4.90 Å². The Morgan fingerprint density at radius 3 is 2.65 bits per heavy atom. The quantitative estimate of drug-likeness (QED) is 0.864. The third-order valence-corrected chi connectivity index (χ3v) is 4.49. The summed E-state index contributed by atoms with van der Waals surface area (Å²) in [7, 11) is 0. The fourth-order valence-corrected chi connectivity index (χ4v) is 3.59. The van der Waals surface area contributed by atoms with E-state index in [-0.39, 0.29) is 0 Å². The van der Waals surface area contributed by atoms with Gasteiger partial charge in [0, 0.05) is 18.6 Å². The smallest absolute Gasteiger partial charge is 0.115 e. The number of phenolic OH excluding ortho intramolecular Hbond substituents is 1. The molecule has 0 amide bonds. The summed E-state index contributed by atoms with van der Waals surface area (Å²) in [5.41, 5.74) is 1.33. The maximum atomic E-state index is 9.28. The third kappa shape index (κ3) is 2.19. The highest BCUT2D eigenvalue weighted by molar-refractivity contribution is 5.26. The average Bonchev–Trinajstić information content (AvgIpc) is 2.94. The standard InChI is InChI=1S/C15H21NO/c1-11(8-12-3-6-15(17)7-4-12)16-10-13-2-5-14(16)9-13/h3-4,6-7,11,13-14,17H,2,5,8-10H2,1H3. The summed E-state index contributed by atoms with van der Waals surface area (Å²) in [4.78, 5) is 2.70. The number of likely N-dealkylation sites (tertiary alicyclic amines) is 1. The van der Waals surface area contributed by atoms with Gasteiger partial charge in [0.15, 0.2) is 0 Å². The Balaban J connectivity index is 1.63. The molecule has 2 bridgehead atoms. The summed E-state index contributed by atoms with van der Waals surface area (Å²) in [6.45, 7) is 3.65. The number of nitrogens with zero attached hydrogens (tertiary/aromatic N) is 1. The van der Waals surface area contributed by atoms with Crippen LogP contribution in [0.2, 0.25) is 0 Å². The van der Waals surface area contributed by atoms with Crippen molar-refractivity contribution in [1.29, 1.82) is 0 Å². The molecule has 2 fully saturated rings. The first-order valence-electron chi connectivity index (χ1n) is 6.76. The highest BCUT2D eigenvalue weighted by atomic mass is 16.3. The zero-order valence-corrected chi connectivity index (χ0v) is 10.5. The minimum absolute atomic E-state index is 0.363. The first-order chi connectivity index (χ1) is 8.22. The lowest BCUT2D eigenvalue weighted by Gasteiger charge is -2.32.